The van der Waals surface area contributed by atoms with Crippen LogP contribution in [0.4, 0.5) is 0 Å². The maximum absolute atomic E-state index is 3.58. The van der Waals surface area contributed by atoms with Crippen molar-refractivity contribution in [2.24, 2.45) is 0 Å². The molecule has 1 rings (SSSR count). The molecule has 2 atom stereocenters. The summed E-state index contributed by atoms with van der Waals surface area (Å²) in [5.41, 5.74) is 0. The second-order valence-electron chi connectivity index (χ2n) is 5.18. The summed E-state index contributed by atoms with van der Waals surface area (Å²) in [6.45, 7) is 12.7. The Bertz CT molecular complexity index is 150. The molecule has 0 aliphatic carbocycles. The monoisotopic (exact) mass is 198 g/mol. The third-order valence-corrected chi connectivity index (χ3v) is 3.25. The minimum absolute atomic E-state index is 0.662. The summed E-state index contributed by atoms with van der Waals surface area (Å²) in [6.07, 6.45) is 2.67. The van der Waals surface area contributed by atoms with Gasteiger partial charge >= 0.3 is 0 Å². The van der Waals surface area contributed by atoms with Gasteiger partial charge in [0.15, 0.2) is 0 Å². The first-order valence-corrected chi connectivity index (χ1v) is 6.03. The third-order valence-electron chi connectivity index (χ3n) is 3.25. The molecule has 0 aromatic carbocycles. The highest BCUT2D eigenvalue weighted by molar-refractivity contribution is 4.85. The summed E-state index contributed by atoms with van der Waals surface area (Å²) in [5.74, 6) is 0. The zero-order chi connectivity index (χ0) is 10.7. The van der Waals surface area contributed by atoms with Gasteiger partial charge in [0.05, 0.1) is 0 Å². The minimum atomic E-state index is 0.662. The Morgan fingerprint density at radius 2 is 1.64 bits per heavy atom. The molecule has 2 unspecified atom stereocenters. The van der Waals surface area contributed by atoms with Gasteiger partial charge < -0.3 is 5.32 Å². The largest absolute Gasteiger partial charge is 0.313 e. The van der Waals surface area contributed by atoms with Gasteiger partial charge in [-0.1, -0.05) is 0 Å². The molecular formula is C12H26N2. The summed E-state index contributed by atoms with van der Waals surface area (Å²) in [6, 6.07) is 2.78. The van der Waals surface area contributed by atoms with Crippen LogP contribution in [0.5, 0.6) is 0 Å². The van der Waals surface area contributed by atoms with Crippen molar-refractivity contribution >= 4 is 0 Å². The second-order valence-corrected chi connectivity index (χ2v) is 5.18. The highest BCUT2D eigenvalue weighted by atomic mass is 15.2. The molecule has 0 amide bonds. The molecule has 1 aliphatic rings. The Labute approximate surface area is 89.1 Å². The van der Waals surface area contributed by atoms with Crippen LogP contribution in [0.2, 0.25) is 0 Å². The first-order valence-electron chi connectivity index (χ1n) is 6.03. The molecule has 1 fully saturated rings. The molecule has 0 spiro atoms. The predicted octanol–water partition coefficient (Wildman–Crippen LogP) is 2.25. The van der Waals surface area contributed by atoms with E-state index in [0.29, 0.717) is 18.1 Å². The quantitative estimate of drug-likeness (QED) is 0.748. The lowest BCUT2D eigenvalue weighted by atomic mass is 9.98. The van der Waals surface area contributed by atoms with E-state index in [9.17, 15) is 0 Å². The fraction of sp³-hybridized carbons (Fsp3) is 1.00. The van der Waals surface area contributed by atoms with E-state index in [4.69, 9.17) is 0 Å². The molecule has 2 heteroatoms. The van der Waals surface area contributed by atoms with Crippen molar-refractivity contribution in [1.29, 1.82) is 0 Å². The van der Waals surface area contributed by atoms with E-state index in [-0.39, 0.29) is 0 Å². The van der Waals surface area contributed by atoms with Crippen LogP contribution >= 0.6 is 0 Å². The number of piperidine rings is 1. The Balaban J connectivity index is 2.52. The molecule has 1 N–H and O–H groups in total. The first kappa shape index (κ1) is 12.0. The summed E-state index contributed by atoms with van der Waals surface area (Å²) in [4.78, 5) is 2.64. The van der Waals surface area contributed by atoms with E-state index in [1.165, 1.54) is 12.8 Å². The van der Waals surface area contributed by atoms with Gasteiger partial charge in [-0.2, -0.15) is 0 Å². The number of nitrogens with one attached hydrogen (secondary N) is 1. The van der Waals surface area contributed by atoms with Crippen LogP contribution in [0.1, 0.15) is 47.5 Å². The fourth-order valence-corrected chi connectivity index (χ4v) is 2.68. The molecule has 0 bridgehead atoms. The SMILES string of the molecule is CC1CCC(N(C(C)C)C(C)C)CN1. The van der Waals surface area contributed by atoms with E-state index in [2.05, 4.69) is 44.8 Å². The van der Waals surface area contributed by atoms with Crippen molar-refractivity contribution in [1.82, 2.24) is 10.2 Å². The van der Waals surface area contributed by atoms with Crippen LogP contribution in [-0.4, -0.2) is 35.6 Å². The molecule has 0 aromatic rings. The smallest absolute Gasteiger partial charge is 0.0226 e. The Morgan fingerprint density at radius 1 is 1.07 bits per heavy atom. The molecule has 0 radical (unpaired) electrons. The van der Waals surface area contributed by atoms with Gasteiger partial charge in [-0.05, 0) is 47.5 Å². The van der Waals surface area contributed by atoms with Crippen molar-refractivity contribution in [3.63, 3.8) is 0 Å². The summed E-state index contributed by atoms with van der Waals surface area (Å²) in [5, 5.41) is 3.58. The molecule has 84 valence electrons. The van der Waals surface area contributed by atoms with Crippen LogP contribution < -0.4 is 5.32 Å². The lowest BCUT2D eigenvalue weighted by Crippen LogP contribution is -2.53. The number of nitrogens with zero attached hydrogens (tertiary/aromatic N) is 1. The van der Waals surface area contributed by atoms with Crippen molar-refractivity contribution in [3.8, 4) is 0 Å². The maximum atomic E-state index is 3.58. The molecule has 1 heterocycles. The molecule has 1 saturated heterocycles. The van der Waals surface area contributed by atoms with Crippen molar-refractivity contribution < 1.29 is 0 Å². The van der Waals surface area contributed by atoms with E-state index in [1.807, 2.05) is 0 Å². The zero-order valence-corrected chi connectivity index (χ0v) is 10.4. The van der Waals surface area contributed by atoms with Gasteiger partial charge in [0.2, 0.25) is 0 Å². The van der Waals surface area contributed by atoms with Crippen molar-refractivity contribution in [3.05, 3.63) is 0 Å². The van der Waals surface area contributed by atoms with Gasteiger partial charge in [-0.25, -0.2) is 0 Å². The molecule has 2 nitrogen and oxygen atoms in total. The van der Waals surface area contributed by atoms with Crippen molar-refractivity contribution in [2.45, 2.75) is 71.6 Å². The lowest BCUT2D eigenvalue weighted by Gasteiger charge is -2.41. The summed E-state index contributed by atoms with van der Waals surface area (Å²) < 4.78 is 0. The highest BCUT2D eigenvalue weighted by Gasteiger charge is 2.26. The van der Waals surface area contributed by atoms with Crippen LogP contribution in [0.25, 0.3) is 0 Å². The normalized spacial score (nSPS) is 29.1. The summed E-state index contributed by atoms with van der Waals surface area (Å²) in [7, 11) is 0. The Hall–Kier alpha value is -0.0800. The van der Waals surface area contributed by atoms with Crippen LogP contribution in [0.3, 0.4) is 0 Å². The van der Waals surface area contributed by atoms with E-state index < -0.39 is 0 Å². The van der Waals surface area contributed by atoms with Gasteiger partial charge in [-0.3, -0.25) is 4.90 Å². The third kappa shape index (κ3) is 2.96. The minimum Gasteiger partial charge on any atom is -0.313 e. The standard InChI is InChI=1S/C12H26N2/c1-9(2)14(10(3)4)12-7-6-11(5)13-8-12/h9-13H,6-8H2,1-5H3. The van der Waals surface area contributed by atoms with Gasteiger partial charge in [0.1, 0.15) is 0 Å². The molecule has 1 aliphatic heterocycles. The zero-order valence-electron chi connectivity index (χ0n) is 10.4. The number of rotatable bonds is 3. The average molecular weight is 198 g/mol. The number of hydrogen-bond donors (Lipinski definition) is 1. The molecule has 0 aromatic heterocycles. The second kappa shape index (κ2) is 5.13. The summed E-state index contributed by atoms with van der Waals surface area (Å²) >= 11 is 0. The average Bonchev–Trinajstić information content (AvgIpc) is 2.07. The van der Waals surface area contributed by atoms with Gasteiger partial charge in [-0.15, -0.1) is 0 Å². The topological polar surface area (TPSA) is 15.3 Å². The molecular weight excluding hydrogens is 172 g/mol. The molecule has 0 saturated carbocycles. The van der Waals surface area contributed by atoms with Crippen LogP contribution in [-0.2, 0) is 0 Å². The molecule has 14 heavy (non-hydrogen) atoms. The van der Waals surface area contributed by atoms with Crippen LogP contribution in [0.15, 0.2) is 0 Å². The van der Waals surface area contributed by atoms with E-state index in [1.54, 1.807) is 0 Å². The van der Waals surface area contributed by atoms with Crippen LogP contribution in [0, 0.1) is 0 Å². The van der Waals surface area contributed by atoms with Gasteiger partial charge in [0.25, 0.3) is 0 Å². The lowest BCUT2D eigenvalue weighted by molar-refractivity contribution is 0.0871. The first-order chi connectivity index (χ1) is 6.52. The Kier molecular flexibility index (Phi) is 4.39. The fourth-order valence-electron chi connectivity index (χ4n) is 2.68. The predicted molar refractivity (Wildman–Crippen MR) is 62.6 cm³/mol. The van der Waals surface area contributed by atoms with E-state index >= 15 is 0 Å². The van der Waals surface area contributed by atoms with E-state index in [0.717, 1.165) is 12.6 Å². The Morgan fingerprint density at radius 3 is 2.00 bits per heavy atom. The highest BCUT2D eigenvalue weighted by Crippen LogP contribution is 2.18. The number of hydrogen-bond acceptors (Lipinski definition) is 2. The van der Waals surface area contributed by atoms with Gasteiger partial charge in [0, 0.05) is 30.7 Å². The van der Waals surface area contributed by atoms with Crippen molar-refractivity contribution in [2.75, 3.05) is 6.54 Å². The maximum Gasteiger partial charge on any atom is 0.0226 e.